The van der Waals surface area contributed by atoms with Crippen molar-refractivity contribution in [3.8, 4) is 45.0 Å². The van der Waals surface area contributed by atoms with Crippen molar-refractivity contribution in [2.75, 3.05) is 0 Å². The Morgan fingerprint density at radius 1 is 0.279 bits per heavy atom. The maximum absolute atomic E-state index is 7.76. The first-order valence-corrected chi connectivity index (χ1v) is 23.2. The number of pyridine rings is 4. The fourth-order valence-electron chi connectivity index (χ4n) is 8.57. The fourth-order valence-corrected chi connectivity index (χ4v) is 8.57. The van der Waals surface area contributed by atoms with Gasteiger partial charge in [0.1, 0.15) is 28.2 Å². The van der Waals surface area contributed by atoms with Gasteiger partial charge in [0, 0.05) is 102 Å². The summed E-state index contributed by atoms with van der Waals surface area (Å²) in [6.45, 7) is 15.2. The van der Waals surface area contributed by atoms with Crippen LogP contribution in [-0.2, 0) is 28.2 Å². The Labute approximate surface area is 428 Å². The van der Waals surface area contributed by atoms with Gasteiger partial charge in [0.25, 0.3) is 0 Å². The van der Waals surface area contributed by atoms with Gasteiger partial charge in [0.15, 0.2) is 22.8 Å². The molecular weight excluding hydrogens is 825 g/mol. The summed E-state index contributed by atoms with van der Waals surface area (Å²) in [7, 11) is 7.50. The Hall–Kier alpha value is -6.52. The highest BCUT2D eigenvalue weighted by Crippen LogP contribution is 2.27. The molecule has 0 bridgehead atoms. The van der Waals surface area contributed by atoms with Crippen molar-refractivity contribution in [3.05, 3.63) is 211 Å². The summed E-state index contributed by atoms with van der Waals surface area (Å²) in [4.78, 5) is 0. The Morgan fingerprint density at radius 2 is 0.574 bits per heavy atom. The van der Waals surface area contributed by atoms with E-state index in [1.807, 2.05) is 64.1 Å². The van der Waals surface area contributed by atoms with Crippen LogP contribution in [0, 0.1) is 110 Å². The quantitative estimate of drug-likeness (QED) is 0.156. The molecular formula is C64H80N4+4. The molecule has 0 aliphatic carbocycles. The van der Waals surface area contributed by atoms with E-state index in [0.29, 0.717) is 11.4 Å². The van der Waals surface area contributed by atoms with Crippen molar-refractivity contribution in [3.63, 3.8) is 0 Å². The topological polar surface area (TPSA) is 15.5 Å². The van der Waals surface area contributed by atoms with Gasteiger partial charge in [-0.15, -0.1) is 0 Å². The molecule has 68 heavy (non-hydrogen) atoms. The summed E-state index contributed by atoms with van der Waals surface area (Å²) < 4.78 is 99.8. The van der Waals surface area contributed by atoms with E-state index >= 15 is 0 Å². The van der Waals surface area contributed by atoms with Crippen molar-refractivity contribution in [1.82, 2.24) is 0 Å². The molecule has 0 radical (unpaired) electrons. The van der Waals surface area contributed by atoms with E-state index in [2.05, 4.69) is 139 Å². The number of hydrogen-bond donors (Lipinski definition) is 0. The molecule has 8 aromatic rings. The molecule has 0 unspecified atom stereocenters. The van der Waals surface area contributed by atoms with Crippen LogP contribution in [0.5, 0.6) is 0 Å². The number of rotatable bonds is 4. The van der Waals surface area contributed by atoms with Gasteiger partial charge in [-0.3, -0.25) is 0 Å². The average molecular weight is 917 g/mol. The second-order valence-electron chi connectivity index (χ2n) is 18.3. The zero-order valence-corrected chi connectivity index (χ0v) is 43.3. The average Bonchev–Trinajstić information content (AvgIpc) is 3.34. The van der Waals surface area contributed by atoms with Crippen LogP contribution in [0.25, 0.3) is 45.0 Å². The minimum Gasteiger partial charge on any atom is -0.198 e. The Kier molecular flexibility index (Phi) is 12.4. The highest BCUT2D eigenvalue weighted by Gasteiger charge is 2.20. The third kappa shape index (κ3) is 11.8. The van der Waals surface area contributed by atoms with Crippen LogP contribution in [0.2, 0.25) is 0 Å². The van der Waals surface area contributed by atoms with E-state index in [-0.39, 0.29) is 22.5 Å². The number of nitrogens with zero attached hydrogens (tertiary/aromatic N) is 4. The predicted octanol–water partition coefficient (Wildman–Crippen LogP) is 13.6. The molecule has 0 aliphatic heterocycles. The summed E-state index contributed by atoms with van der Waals surface area (Å²) in [5.74, 6) is 0. The molecule has 0 atom stereocenters. The number of aryl methyl sites for hydroxylation is 12. The summed E-state index contributed by atoms with van der Waals surface area (Å²) in [6, 6.07) is 39.9. The van der Waals surface area contributed by atoms with Crippen molar-refractivity contribution in [2.24, 2.45) is 28.2 Å². The molecule has 352 valence electrons. The van der Waals surface area contributed by atoms with E-state index < -0.39 is 27.4 Å². The highest BCUT2D eigenvalue weighted by atomic mass is 15.0. The van der Waals surface area contributed by atoms with E-state index in [4.69, 9.17) is 16.4 Å². The van der Waals surface area contributed by atoms with Crippen LogP contribution < -0.4 is 18.3 Å². The van der Waals surface area contributed by atoms with Gasteiger partial charge in [0.2, 0.25) is 22.8 Å². The molecule has 4 nitrogen and oxygen atoms in total. The summed E-state index contributed by atoms with van der Waals surface area (Å²) >= 11 is 0. The van der Waals surface area contributed by atoms with Crippen LogP contribution in [0.4, 0.5) is 0 Å². The predicted molar refractivity (Wildman–Crippen MR) is 288 cm³/mol. The molecule has 4 aromatic carbocycles. The minimum atomic E-state index is -2.51. The van der Waals surface area contributed by atoms with Crippen LogP contribution in [0.1, 0.15) is 106 Å². The minimum absolute atomic E-state index is 0.130. The van der Waals surface area contributed by atoms with E-state index in [1.54, 1.807) is 26.2 Å². The Balaban J connectivity index is 0.000000198. The maximum atomic E-state index is 7.76. The number of aromatic nitrogens is 4. The van der Waals surface area contributed by atoms with Gasteiger partial charge >= 0.3 is 0 Å². The van der Waals surface area contributed by atoms with Gasteiger partial charge in [-0.1, -0.05) is 71.8 Å². The highest BCUT2D eigenvalue weighted by molar-refractivity contribution is 5.67. The van der Waals surface area contributed by atoms with Gasteiger partial charge in [0.05, 0.1) is 11.1 Å². The molecule has 0 aliphatic rings. The van der Waals surface area contributed by atoms with Crippen LogP contribution in [-0.4, -0.2) is 0 Å². The standard InChI is InChI=1S/4C16H20N/c2*1-11-6-7-13(3)15(10-11)16-9-8-12(2)14(4)17(16)5;2*1-11-9-10-15(17(5)14(11)4)16-12(2)7-6-8-13(16)3/h4*6-10H,1-5H3/q4*+1/i2D3,4D3;;1D3,4D3;. The number of hydrogen-bond acceptors (Lipinski definition) is 0. The molecule has 0 spiro atoms. The summed E-state index contributed by atoms with van der Waals surface area (Å²) in [6.07, 6.45) is 0. The lowest BCUT2D eigenvalue weighted by molar-refractivity contribution is -0.667. The number of benzene rings is 4. The van der Waals surface area contributed by atoms with Crippen molar-refractivity contribution in [1.29, 1.82) is 0 Å². The molecule has 0 saturated heterocycles. The molecule has 0 fully saturated rings. The van der Waals surface area contributed by atoms with Gasteiger partial charge in [-0.2, -0.15) is 18.3 Å². The van der Waals surface area contributed by atoms with Crippen molar-refractivity contribution >= 4 is 0 Å². The normalized spacial score (nSPS) is 14.0. The first-order valence-electron chi connectivity index (χ1n) is 29.2. The lowest BCUT2D eigenvalue weighted by atomic mass is 9.98. The Morgan fingerprint density at radius 3 is 0.926 bits per heavy atom. The van der Waals surface area contributed by atoms with Gasteiger partial charge < -0.3 is 0 Å². The second-order valence-corrected chi connectivity index (χ2v) is 18.3. The molecule has 8 rings (SSSR count). The van der Waals surface area contributed by atoms with Crippen LogP contribution >= 0.6 is 0 Å². The molecule has 0 amide bonds. The van der Waals surface area contributed by atoms with Crippen LogP contribution in [0.15, 0.2) is 121 Å². The van der Waals surface area contributed by atoms with Crippen molar-refractivity contribution < 1.29 is 34.7 Å². The second kappa shape index (κ2) is 22.5. The zero-order valence-electron chi connectivity index (χ0n) is 55.3. The molecule has 0 saturated carbocycles. The fraction of sp³-hybridized carbons (Fsp3) is 0.312. The molecule has 0 N–H and O–H groups in total. The summed E-state index contributed by atoms with van der Waals surface area (Å²) in [5, 5.41) is 0. The SMILES string of the molecule is Cc1ccc(C)c(-c2ccc(C)c(C)[n+]2C)c1.Cc1cccc(C)c1-c1ccc(C)c(C)[n+]1C.[2H]C([2H])([2H])c1ccc(-c2c(C)cccc2C)[n+](C)c1C([2H])([2H])[2H].[2H]C([2H])([2H])c1ccc(-c2cc(C)ccc2C)[n+](C)c1C([2H])([2H])[2H]. The first kappa shape index (κ1) is 37.5. The molecule has 4 heterocycles. The zero-order chi connectivity index (χ0) is 60.3. The molecule has 4 aromatic heterocycles. The van der Waals surface area contributed by atoms with Gasteiger partial charge in [-0.25, -0.2) is 0 Å². The Bertz CT molecular complexity index is 3530. The molecule has 4 heteroatoms. The largest absolute Gasteiger partial charge is 0.213 e. The smallest absolute Gasteiger partial charge is 0.198 e. The van der Waals surface area contributed by atoms with Gasteiger partial charge in [-0.05, 0) is 153 Å². The third-order valence-corrected chi connectivity index (χ3v) is 13.4. The van der Waals surface area contributed by atoms with Crippen LogP contribution in [0.3, 0.4) is 0 Å². The monoisotopic (exact) mass is 917 g/mol. The summed E-state index contributed by atoms with van der Waals surface area (Å²) in [5.41, 5.74) is 22.6. The first-order chi connectivity index (χ1) is 36.9. The van der Waals surface area contributed by atoms with E-state index in [1.165, 1.54) is 88.6 Å². The lowest BCUT2D eigenvalue weighted by Crippen LogP contribution is -2.35. The lowest BCUT2D eigenvalue weighted by Gasteiger charge is -2.10. The van der Waals surface area contributed by atoms with Crippen molar-refractivity contribution in [2.45, 2.75) is 110 Å². The maximum Gasteiger partial charge on any atom is 0.213 e. The third-order valence-electron chi connectivity index (χ3n) is 13.4. The van der Waals surface area contributed by atoms with E-state index in [0.717, 1.165) is 33.4 Å². The van der Waals surface area contributed by atoms with E-state index in [9.17, 15) is 0 Å².